The van der Waals surface area contributed by atoms with Crippen LogP contribution in [-0.2, 0) is 0 Å². The van der Waals surface area contributed by atoms with Gasteiger partial charge < -0.3 is 10.6 Å². The summed E-state index contributed by atoms with van der Waals surface area (Å²) < 4.78 is 0. The van der Waals surface area contributed by atoms with Crippen LogP contribution in [0.3, 0.4) is 0 Å². The number of hydrogen-bond donors (Lipinski definition) is 2. The number of amides is 2. The zero-order valence-electron chi connectivity index (χ0n) is 9.35. The molecule has 0 aliphatic heterocycles. The minimum Gasteiger partial charge on any atom is -0.338 e. The number of urea groups is 1. The van der Waals surface area contributed by atoms with Gasteiger partial charge in [-0.05, 0) is 26.2 Å². The standard InChI is InChI=1S/C10H19N3O/c1-8(2)5-6-12-9(14)13-10(3,4)7-11/h8H,5-6H2,1-4H3,(H2,12,13,14). The second kappa shape index (κ2) is 5.48. The normalized spacial score (nSPS) is 10.9. The molecule has 0 saturated heterocycles. The Hall–Kier alpha value is -1.24. The smallest absolute Gasteiger partial charge is 0.316 e. The number of rotatable bonds is 4. The van der Waals surface area contributed by atoms with E-state index in [1.54, 1.807) is 13.8 Å². The van der Waals surface area contributed by atoms with E-state index in [0.717, 1.165) is 6.42 Å². The molecule has 0 atom stereocenters. The van der Waals surface area contributed by atoms with Gasteiger partial charge in [-0.15, -0.1) is 0 Å². The molecule has 0 aromatic carbocycles. The minimum absolute atomic E-state index is 0.280. The van der Waals surface area contributed by atoms with Crippen LogP contribution in [0.25, 0.3) is 0 Å². The van der Waals surface area contributed by atoms with E-state index in [1.807, 2.05) is 6.07 Å². The summed E-state index contributed by atoms with van der Waals surface area (Å²) in [7, 11) is 0. The van der Waals surface area contributed by atoms with Crippen molar-refractivity contribution in [3.8, 4) is 6.07 Å². The zero-order chi connectivity index (χ0) is 11.2. The Balaban J connectivity index is 3.73. The molecule has 4 heteroatoms. The molecule has 2 N–H and O–H groups in total. The molecule has 0 heterocycles. The highest BCUT2D eigenvalue weighted by Gasteiger charge is 2.18. The van der Waals surface area contributed by atoms with Gasteiger partial charge in [0.2, 0.25) is 0 Å². The quantitative estimate of drug-likeness (QED) is 0.719. The van der Waals surface area contributed by atoms with E-state index in [0.29, 0.717) is 12.5 Å². The molecule has 0 aliphatic carbocycles. The number of carbonyl (C=O) groups is 1. The van der Waals surface area contributed by atoms with E-state index in [2.05, 4.69) is 24.5 Å². The van der Waals surface area contributed by atoms with Crippen molar-refractivity contribution in [3.63, 3.8) is 0 Å². The van der Waals surface area contributed by atoms with Crippen molar-refractivity contribution in [2.24, 2.45) is 5.92 Å². The lowest BCUT2D eigenvalue weighted by Gasteiger charge is -2.18. The summed E-state index contributed by atoms with van der Waals surface area (Å²) in [5.41, 5.74) is -0.804. The molecule has 0 rings (SSSR count). The highest BCUT2D eigenvalue weighted by atomic mass is 16.2. The van der Waals surface area contributed by atoms with Gasteiger partial charge in [0.05, 0.1) is 6.07 Å². The molecule has 0 spiro atoms. The summed E-state index contributed by atoms with van der Waals surface area (Å²) in [5, 5.41) is 13.9. The Kier molecular flexibility index (Phi) is 5.00. The van der Waals surface area contributed by atoms with Gasteiger partial charge in [0.25, 0.3) is 0 Å². The maximum atomic E-state index is 11.2. The lowest BCUT2D eigenvalue weighted by molar-refractivity contribution is 0.234. The number of nitrogens with zero attached hydrogens (tertiary/aromatic N) is 1. The number of nitrogens with one attached hydrogen (secondary N) is 2. The third-order valence-corrected chi connectivity index (χ3v) is 1.71. The molecule has 0 aromatic heterocycles. The van der Waals surface area contributed by atoms with Gasteiger partial charge in [0, 0.05) is 6.54 Å². The average Bonchev–Trinajstić information content (AvgIpc) is 2.02. The third kappa shape index (κ3) is 6.30. The topological polar surface area (TPSA) is 64.9 Å². The van der Waals surface area contributed by atoms with Crippen molar-refractivity contribution in [2.75, 3.05) is 6.54 Å². The number of carbonyl (C=O) groups excluding carboxylic acids is 1. The van der Waals surface area contributed by atoms with E-state index < -0.39 is 5.54 Å². The van der Waals surface area contributed by atoms with Crippen molar-refractivity contribution in [2.45, 2.75) is 39.7 Å². The monoisotopic (exact) mass is 197 g/mol. The van der Waals surface area contributed by atoms with Crippen LogP contribution in [0.1, 0.15) is 34.1 Å². The van der Waals surface area contributed by atoms with Crippen LogP contribution < -0.4 is 10.6 Å². The Morgan fingerprint density at radius 2 is 2.07 bits per heavy atom. The fraction of sp³-hybridized carbons (Fsp3) is 0.800. The summed E-state index contributed by atoms with van der Waals surface area (Å²) in [6.45, 7) is 8.16. The van der Waals surface area contributed by atoms with Crippen LogP contribution in [0.4, 0.5) is 4.79 Å². The van der Waals surface area contributed by atoms with E-state index >= 15 is 0 Å². The van der Waals surface area contributed by atoms with Gasteiger partial charge in [0.1, 0.15) is 5.54 Å². The summed E-state index contributed by atoms with van der Waals surface area (Å²) in [4.78, 5) is 11.2. The minimum atomic E-state index is -0.804. The summed E-state index contributed by atoms with van der Waals surface area (Å²) in [5.74, 6) is 0.569. The SMILES string of the molecule is CC(C)CCNC(=O)NC(C)(C)C#N. The maximum Gasteiger partial charge on any atom is 0.316 e. The van der Waals surface area contributed by atoms with Crippen LogP contribution in [0.2, 0.25) is 0 Å². The fourth-order valence-electron chi connectivity index (χ4n) is 0.830. The van der Waals surface area contributed by atoms with E-state index in [4.69, 9.17) is 5.26 Å². The van der Waals surface area contributed by atoms with Gasteiger partial charge in [-0.2, -0.15) is 5.26 Å². The molecule has 0 fully saturated rings. The number of hydrogen-bond acceptors (Lipinski definition) is 2. The molecule has 0 aromatic rings. The number of nitriles is 1. The first-order valence-electron chi connectivity index (χ1n) is 4.84. The summed E-state index contributed by atoms with van der Waals surface area (Å²) >= 11 is 0. The predicted octanol–water partition coefficient (Wildman–Crippen LogP) is 1.63. The maximum absolute atomic E-state index is 11.2. The lowest BCUT2D eigenvalue weighted by Crippen LogP contribution is -2.47. The van der Waals surface area contributed by atoms with Gasteiger partial charge >= 0.3 is 6.03 Å². The molecule has 2 amide bonds. The molecular weight excluding hydrogens is 178 g/mol. The van der Waals surface area contributed by atoms with Crippen LogP contribution >= 0.6 is 0 Å². The summed E-state index contributed by atoms with van der Waals surface area (Å²) in [6, 6.07) is 1.72. The lowest BCUT2D eigenvalue weighted by atomic mass is 10.1. The Morgan fingerprint density at radius 3 is 2.50 bits per heavy atom. The second-order valence-electron chi connectivity index (χ2n) is 4.30. The van der Waals surface area contributed by atoms with Gasteiger partial charge in [-0.1, -0.05) is 13.8 Å². The van der Waals surface area contributed by atoms with Crippen molar-refractivity contribution >= 4 is 6.03 Å². The van der Waals surface area contributed by atoms with Crippen molar-refractivity contribution in [1.29, 1.82) is 5.26 Å². The molecule has 0 aliphatic rings. The van der Waals surface area contributed by atoms with Crippen molar-refractivity contribution in [1.82, 2.24) is 10.6 Å². The molecular formula is C10H19N3O. The van der Waals surface area contributed by atoms with Gasteiger partial charge in [-0.3, -0.25) is 0 Å². The average molecular weight is 197 g/mol. The first kappa shape index (κ1) is 12.8. The van der Waals surface area contributed by atoms with E-state index in [9.17, 15) is 4.79 Å². The van der Waals surface area contributed by atoms with Crippen molar-refractivity contribution in [3.05, 3.63) is 0 Å². The Bertz CT molecular complexity index is 228. The molecule has 4 nitrogen and oxygen atoms in total. The van der Waals surface area contributed by atoms with Crippen LogP contribution in [0.15, 0.2) is 0 Å². The van der Waals surface area contributed by atoms with Crippen molar-refractivity contribution < 1.29 is 4.79 Å². The Morgan fingerprint density at radius 1 is 1.50 bits per heavy atom. The third-order valence-electron chi connectivity index (χ3n) is 1.71. The molecule has 14 heavy (non-hydrogen) atoms. The molecule has 0 radical (unpaired) electrons. The Labute approximate surface area is 85.7 Å². The summed E-state index contributed by atoms with van der Waals surface area (Å²) in [6.07, 6.45) is 0.945. The predicted molar refractivity (Wildman–Crippen MR) is 55.7 cm³/mol. The molecule has 0 saturated carbocycles. The van der Waals surface area contributed by atoms with Crippen LogP contribution in [-0.4, -0.2) is 18.1 Å². The molecule has 0 bridgehead atoms. The van der Waals surface area contributed by atoms with E-state index in [-0.39, 0.29) is 6.03 Å². The van der Waals surface area contributed by atoms with E-state index in [1.165, 1.54) is 0 Å². The fourth-order valence-corrected chi connectivity index (χ4v) is 0.830. The first-order valence-corrected chi connectivity index (χ1v) is 4.84. The zero-order valence-corrected chi connectivity index (χ0v) is 9.35. The van der Waals surface area contributed by atoms with Gasteiger partial charge in [0.15, 0.2) is 0 Å². The van der Waals surface area contributed by atoms with Crippen LogP contribution in [0, 0.1) is 17.2 Å². The second-order valence-corrected chi connectivity index (χ2v) is 4.30. The highest BCUT2D eigenvalue weighted by Crippen LogP contribution is 1.99. The molecule has 80 valence electrons. The van der Waals surface area contributed by atoms with Crippen LogP contribution in [0.5, 0.6) is 0 Å². The van der Waals surface area contributed by atoms with Gasteiger partial charge in [-0.25, -0.2) is 4.79 Å². The molecule has 0 unspecified atom stereocenters. The first-order chi connectivity index (χ1) is 6.37. The largest absolute Gasteiger partial charge is 0.338 e. The highest BCUT2D eigenvalue weighted by molar-refractivity contribution is 5.75.